The summed E-state index contributed by atoms with van der Waals surface area (Å²) < 4.78 is 0. The van der Waals surface area contributed by atoms with Crippen LogP contribution >= 0.6 is 0 Å². The monoisotopic (exact) mass is 277 g/mol. The van der Waals surface area contributed by atoms with E-state index >= 15 is 0 Å². The lowest BCUT2D eigenvalue weighted by molar-refractivity contribution is 0.0829. The summed E-state index contributed by atoms with van der Waals surface area (Å²) in [6, 6.07) is 13.3. The van der Waals surface area contributed by atoms with Gasteiger partial charge in [-0.3, -0.25) is 9.78 Å². The molecule has 1 aromatic carbocycles. The van der Waals surface area contributed by atoms with Gasteiger partial charge in [0.2, 0.25) is 0 Å². The zero-order chi connectivity index (χ0) is 14.8. The number of fused-ring (bicyclic) bond motifs is 1. The number of para-hydroxylation sites is 1. The molecule has 0 atom stereocenters. The Labute approximate surface area is 123 Å². The van der Waals surface area contributed by atoms with Crippen molar-refractivity contribution in [3.63, 3.8) is 0 Å². The fraction of sp³-hybridized carbons (Fsp3) is 0.118. The van der Waals surface area contributed by atoms with Gasteiger partial charge in [-0.2, -0.15) is 0 Å². The topological polar surface area (TPSA) is 46.1 Å². The van der Waals surface area contributed by atoms with Crippen molar-refractivity contribution in [1.29, 1.82) is 0 Å². The summed E-state index contributed by atoms with van der Waals surface area (Å²) in [4.78, 5) is 22.8. The lowest BCUT2D eigenvalue weighted by Crippen LogP contribution is -2.22. The normalized spacial score (nSPS) is 10.6. The molecule has 0 N–H and O–H groups in total. The number of hydrogen-bond donors (Lipinski definition) is 0. The van der Waals surface area contributed by atoms with Crippen LogP contribution in [-0.2, 0) is 0 Å². The number of amides is 1. The molecule has 21 heavy (non-hydrogen) atoms. The van der Waals surface area contributed by atoms with Gasteiger partial charge in [-0.25, -0.2) is 4.98 Å². The molecular weight excluding hydrogens is 262 g/mol. The number of benzene rings is 1. The third-order valence-electron chi connectivity index (χ3n) is 3.31. The predicted molar refractivity (Wildman–Crippen MR) is 83.0 cm³/mol. The number of nitrogens with zero attached hydrogens (tertiary/aromatic N) is 3. The molecule has 0 saturated heterocycles. The second-order valence-electron chi connectivity index (χ2n) is 5.01. The SMILES string of the molecule is CN(C)C(=O)c1cc(-c2cccnc2)nc2ccccc12. The van der Waals surface area contributed by atoms with E-state index in [9.17, 15) is 4.79 Å². The van der Waals surface area contributed by atoms with Crippen LogP contribution in [0.3, 0.4) is 0 Å². The van der Waals surface area contributed by atoms with Crippen LogP contribution in [0.15, 0.2) is 54.9 Å². The molecule has 4 nitrogen and oxygen atoms in total. The molecule has 0 saturated carbocycles. The molecule has 0 radical (unpaired) electrons. The Morgan fingerprint density at radius 3 is 2.62 bits per heavy atom. The fourth-order valence-electron chi connectivity index (χ4n) is 2.26. The Morgan fingerprint density at radius 1 is 1.10 bits per heavy atom. The minimum Gasteiger partial charge on any atom is -0.345 e. The standard InChI is InChI=1S/C17H15N3O/c1-20(2)17(21)14-10-16(12-6-5-9-18-11-12)19-15-8-4-3-7-13(14)15/h3-11H,1-2H3. The van der Waals surface area contributed by atoms with E-state index in [1.807, 2.05) is 42.5 Å². The van der Waals surface area contributed by atoms with Crippen LogP contribution in [0, 0.1) is 0 Å². The van der Waals surface area contributed by atoms with Crippen LogP contribution in [0.5, 0.6) is 0 Å². The van der Waals surface area contributed by atoms with Crippen molar-refractivity contribution in [3.8, 4) is 11.3 Å². The van der Waals surface area contributed by atoms with E-state index in [0.717, 1.165) is 22.2 Å². The average Bonchev–Trinajstić information content (AvgIpc) is 2.54. The van der Waals surface area contributed by atoms with Gasteiger partial charge in [-0.15, -0.1) is 0 Å². The van der Waals surface area contributed by atoms with E-state index in [1.165, 1.54) is 0 Å². The summed E-state index contributed by atoms with van der Waals surface area (Å²) in [5.74, 6) is -0.0289. The molecule has 0 bridgehead atoms. The van der Waals surface area contributed by atoms with E-state index in [1.54, 1.807) is 31.4 Å². The summed E-state index contributed by atoms with van der Waals surface area (Å²) in [7, 11) is 3.50. The first-order valence-corrected chi connectivity index (χ1v) is 6.68. The molecular formula is C17H15N3O. The van der Waals surface area contributed by atoms with Gasteiger partial charge in [0.15, 0.2) is 0 Å². The Morgan fingerprint density at radius 2 is 1.90 bits per heavy atom. The molecule has 3 aromatic rings. The summed E-state index contributed by atoms with van der Waals surface area (Å²) in [6.07, 6.45) is 3.47. The smallest absolute Gasteiger partial charge is 0.254 e. The van der Waals surface area contributed by atoms with Crippen molar-refractivity contribution in [2.45, 2.75) is 0 Å². The number of hydrogen-bond acceptors (Lipinski definition) is 3. The Bertz CT molecular complexity index is 797. The van der Waals surface area contributed by atoms with Gasteiger partial charge >= 0.3 is 0 Å². The number of carbonyl (C=O) groups excluding carboxylic acids is 1. The van der Waals surface area contributed by atoms with E-state index in [-0.39, 0.29) is 5.91 Å². The molecule has 1 amide bonds. The van der Waals surface area contributed by atoms with Gasteiger partial charge in [0.1, 0.15) is 0 Å². The third kappa shape index (κ3) is 2.48. The van der Waals surface area contributed by atoms with Crippen LogP contribution in [0.1, 0.15) is 10.4 Å². The summed E-state index contributed by atoms with van der Waals surface area (Å²) in [5, 5.41) is 0.865. The van der Waals surface area contributed by atoms with Gasteiger partial charge < -0.3 is 4.90 Å². The van der Waals surface area contributed by atoms with Gasteiger partial charge in [-0.1, -0.05) is 18.2 Å². The van der Waals surface area contributed by atoms with Gasteiger partial charge in [-0.05, 0) is 24.3 Å². The molecule has 104 valence electrons. The second kappa shape index (κ2) is 5.32. The van der Waals surface area contributed by atoms with E-state index in [4.69, 9.17) is 0 Å². The van der Waals surface area contributed by atoms with Gasteiger partial charge in [0.05, 0.1) is 16.8 Å². The van der Waals surface area contributed by atoms with Crippen molar-refractivity contribution in [2.24, 2.45) is 0 Å². The highest BCUT2D eigenvalue weighted by atomic mass is 16.2. The largest absolute Gasteiger partial charge is 0.345 e. The number of pyridine rings is 2. The lowest BCUT2D eigenvalue weighted by atomic mass is 10.0. The minimum absolute atomic E-state index is 0.0289. The summed E-state index contributed by atoms with van der Waals surface area (Å²) in [5.41, 5.74) is 3.12. The number of aromatic nitrogens is 2. The molecule has 0 aliphatic heterocycles. The van der Waals surface area contributed by atoms with Crippen molar-refractivity contribution in [1.82, 2.24) is 14.9 Å². The quantitative estimate of drug-likeness (QED) is 0.723. The van der Waals surface area contributed by atoms with Crippen molar-refractivity contribution < 1.29 is 4.79 Å². The Kier molecular flexibility index (Phi) is 3.36. The molecule has 2 aromatic heterocycles. The molecule has 2 heterocycles. The zero-order valence-corrected chi connectivity index (χ0v) is 11.9. The molecule has 3 rings (SSSR count). The third-order valence-corrected chi connectivity index (χ3v) is 3.31. The summed E-state index contributed by atoms with van der Waals surface area (Å²) in [6.45, 7) is 0. The minimum atomic E-state index is -0.0289. The molecule has 0 fully saturated rings. The highest BCUT2D eigenvalue weighted by Gasteiger charge is 2.15. The molecule has 0 spiro atoms. The maximum atomic E-state index is 12.4. The first-order chi connectivity index (χ1) is 10.2. The molecule has 0 aliphatic rings. The van der Waals surface area contributed by atoms with Gasteiger partial charge in [0.25, 0.3) is 5.91 Å². The van der Waals surface area contributed by atoms with E-state index < -0.39 is 0 Å². The van der Waals surface area contributed by atoms with Crippen LogP contribution in [0.2, 0.25) is 0 Å². The highest BCUT2D eigenvalue weighted by Crippen LogP contribution is 2.24. The fourth-order valence-corrected chi connectivity index (χ4v) is 2.26. The lowest BCUT2D eigenvalue weighted by Gasteiger charge is -2.13. The van der Waals surface area contributed by atoms with E-state index in [2.05, 4.69) is 9.97 Å². The van der Waals surface area contributed by atoms with Gasteiger partial charge in [0, 0.05) is 37.4 Å². The zero-order valence-electron chi connectivity index (χ0n) is 11.9. The van der Waals surface area contributed by atoms with Crippen LogP contribution < -0.4 is 0 Å². The Hall–Kier alpha value is -2.75. The van der Waals surface area contributed by atoms with Crippen LogP contribution in [0.4, 0.5) is 0 Å². The number of rotatable bonds is 2. The Balaban J connectivity index is 2.27. The molecule has 0 unspecified atom stereocenters. The van der Waals surface area contributed by atoms with Crippen molar-refractivity contribution >= 4 is 16.8 Å². The highest BCUT2D eigenvalue weighted by molar-refractivity contribution is 6.07. The molecule has 4 heteroatoms. The van der Waals surface area contributed by atoms with Crippen molar-refractivity contribution in [3.05, 3.63) is 60.4 Å². The first kappa shape index (κ1) is 13.2. The number of carbonyl (C=O) groups is 1. The predicted octanol–water partition coefficient (Wildman–Crippen LogP) is 3.00. The second-order valence-corrected chi connectivity index (χ2v) is 5.01. The maximum absolute atomic E-state index is 12.4. The van der Waals surface area contributed by atoms with Crippen molar-refractivity contribution in [2.75, 3.05) is 14.1 Å². The van der Waals surface area contributed by atoms with Crippen LogP contribution in [-0.4, -0.2) is 34.9 Å². The average molecular weight is 277 g/mol. The molecule has 0 aliphatic carbocycles. The maximum Gasteiger partial charge on any atom is 0.254 e. The summed E-state index contributed by atoms with van der Waals surface area (Å²) >= 11 is 0. The first-order valence-electron chi connectivity index (χ1n) is 6.68. The van der Waals surface area contributed by atoms with E-state index in [0.29, 0.717) is 5.56 Å². The van der Waals surface area contributed by atoms with Crippen LogP contribution in [0.25, 0.3) is 22.2 Å².